The molecular weight excluding hydrogens is 301 g/mol. The Bertz CT molecular complexity index is 478. The fourth-order valence-corrected chi connectivity index (χ4v) is 2.24. The van der Waals surface area contributed by atoms with Gasteiger partial charge in [0, 0.05) is 13.0 Å². The van der Waals surface area contributed by atoms with Gasteiger partial charge in [0.05, 0.1) is 6.04 Å². The minimum Gasteiger partial charge on any atom is -0.309 e. The number of carbonyl (C=O) groups excluding carboxylic acids is 1. The van der Waals surface area contributed by atoms with E-state index in [2.05, 4.69) is 31.5 Å². The van der Waals surface area contributed by atoms with Gasteiger partial charge in [-0.2, -0.15) is 0 Å². The minimum absolute atomic E-state index is 0.186. The molecule has 1 fully saturated rings. The van der Waals surface area contributed by atoms with Crippen LogP contribution in [0.15, 0.2) is 16.7 Å². The van der Waals surface area contributed by atoms with E-state index in [1.54, 1.807) is 6.07 Å². The number of alkyl halides is 1. The van der Waals surface area contributed by atoms with E-state index in [1.165, 1.54) is 6.92 Å². The molecule has 1 aliphatic heterocycles. The van der Waals surface area contributed by atoms with Crippen LogP contribution < -0.4 is 10.6 Å². The number of hydrogen-bond acceptors (Lipinski definition) is 3. The number of aryl methyl sites for hydroxylation is 1. The normalized spacial score (nSPS) is 27.2. The van der Waals surface area contributed by atoms with Crippen LogP contribution in [-0.4, -0.2) is 29.1 Å². The number of carbonyl (C=O) groups is 1. The number of nitrogens with zero attached hydrogens (tertiary/aromatic N) is 1. The average molecular weight is 316 g/mol. The molecular formula is C12H15BrFN3O. The van der Waals surface area contributed by atoms with Crippen molar-refractivity contribution in [1.29, 1.82) is 0 Å². The van der Waals surface area contributed by atoms with Gasteiger partial charge in [0.25, 0.3) is 0 Å². The third-order valence-electron chi connectivity index (χ3n) is 2.97. The zero-order valence-electron chi connectivity index (χ0n) is 10.3. The lowest BCUT2D eigenvalue weighted by atomic mass is 10.0. The second-order valence-electron chi connectivity index (χ2n) is 4.84. The number of anilines is 1. The molecule has 0 aromatic carbocycles. The number of nitrogens with one attached hydrogen (secondary N) is 2. The Morgan fingerprint density at radius 3 is 3.00 bits per heavy atom. The smallest absolute Gasteiger partial charge is 0.242 e. The van der Waals surface area contributed by atoms with E-state index < -0.39 is 11.7 Å². The van der Waals surface area contributed by atoms with E-state index in [0.29, 0.717) is 10.4 Å². The van der Waals surface area contributed by atoms with Crippen molar-refractivity contribution in [1.82, 2.24) is 10.3 Å². The van der Waals surface area contributed by atoms with Crippen molar-refractivity contribution in [2.24, 2.45) is 0 Å². The van der Waals surface area contributed by atoms with Crippen LogP contribution in [0.1, 0.15) is 18.9 Å². The van der Waals surface area contributed by atoms with Gasteiger partial charge in [0.15, 0.2) is 0 Å². The predicted octanol–water partition coefficient (Wildman–Crippen LogP) is 2.18. The highest BCUT2D eigenvalue weighted by molar-refractivity contribution is 9.10. The summed E-state index contributed by atoms with van der Waals surface area (Å²) in [7, 11) is 0. The number of halogens is 2. The molecule has 1 saturated heterocycles. The highest BCUT2D eigenvalue weighted by atomic mass is 79.9. The van der Waals surface area contributed by atoms with Crippen molar-refractivity contribution in [3.05, 3.63) is 22.3 Å². The maximum atomic E-state index is 13.6. The van der Waals surface area contributed by atoms with E-state index in [1.807, 2.05) is 13.0 Å². The van der Waals surface area contributed by atoms with E-state index in [4.69, 9.17) is 0 Å². The first-order valence-corrected chi connectivity index (χ1v) is 6.53. The Morgan fingerprint density at radius 1 is 1.67 bits per heavy atom. The van der Waals surface area contributed by atoms with Gasteiger partial charge in [0.2, 0.25) is 5.91 Å². The lowest BCUT2D eigenvalue weighted by molar-refractivity contribution is -0.118. The summed E-state index contributed by atoms with van der Waals surface area (Å²) in [6, 6.07) is 3.16. The zero-order chi connectivity index (χ0) is 13.3. The summed E-state index contributed by atoms with van der Waals surface area (Å²) in [4.78, 5) is 16.2. The molecule has 0 radical (unpaired) electrons. The summed E-state index contributed by atoms with van der Waals surface area (Å²) in [5.41, 5.74) is -0.450. The van der Waals surface area contributed by atoms with E-state index in [0.717, 1.165) is 5.56 Å². The zero-order valence-corrected chi connectivity index (χ0v) is 11.8. The van der Waals surface area contributed by atoms with Gasteiger partial charge < -0.3 is 10.6 Å². The van der Waals surface area contributed by atoms with Crippen molar-refractivity contribution in [2.45, 2.75) is 32.0 Å². The average Bonchev–Trinajstić information content (AvgIpc) is 2.64. The summed E-state index contributed by atoms with van der Waals surface area (Å²) in [5.74, 6) is 0.258. The number of hydrogen-bond donors (Lipinski definition) is 2. The third-order valence-corrected chi connectivity index (χ3v) is 3.41. The second-order valence-corrected chi connectivity index (χ2v) is 5.65. The van der Waals surface area contributed by atoms with Gasteiger partial charge >= 0.3 is 0 Å². The van der Waals surface area contributed by atoms with Crippen LogP contribution in [0.4, 0.5) is 10.2 Å². The van der Waals surface area contributed by atoms with Crippen molar-refractivity contribution in [3.8, 4) is 0 Å². The summed E-state index contributed by atoms with van der Waals surface area (Å²) in [6.45, 7) is 3.56. The molecule has 2 atom stereocenters. The number of rotatable bonds is 2. The van der Waals surface area contributed by atoms with Crippen LogP contribution in [0.5, 0.6) is 0 Å². The maximum Gasteiger partial charge on any atom is 0.242 e. The first-order valence-electron chi connectivity index (χ1n) is 5.74. The van der Waals surface area contributed by atoms with E-state index >= 15 is 0 Å². The summed E-state index contributed by atoms with van der Waals surface area (Å²) < 4.78 is 14.3. The highest BCUT2D eigenvalue weighted by Crippen LogP contribution is 2.24. The molecule has 0 spiro atoms. The molecule has 18 heavy (non-hydrogen) atoms. The largest absolute Gasteiger partial charge is 0.309 e. The van der Waals surface area contributed by atoms with Crippen LogP contribution in [0.25, 0.3) is 0 Å². The predicted molar refractivity (Wildman–Crippen MR) is 71.2 cm³/mol. The van der Waals surface area contributed by atoms with Gasteiger partial charge in [-0.15, -0.1) is 0 Å². The Kier molecular flexibility index (Phi) is 3.68. The molecule has 1 aromatic heterocycles. The number of aromatic nitrogens is 1. The van der Waals surface area contributed by atoms with Crippen molar-refractivity contribution < 1.29 is 9.18 Å². The lowest BCUT2D eigenvalue weighted by Gasteiger charge is -2.13. The van der Waals surface area contributed by atoms with Crippen molar-refractivity contribution in [3.63, 3.8) is 0 Å². The summed E-state index contributed by atoms with van der Waals surface area (Å²) in [6.07, 6.45) is 0.186. The van der Waals surface area contributed by atoms with Gasteiger partial charge in [-0.3, -0.25) is 4.79 Å². The standard InChI is InChI=1S/C12H15BrFN3O/c1-7-3-4-9(13)16-10(7)17-11(18)8-5-12(2,14)6-15-8/h3-4,8,15H,5-6H2,1-2H3,(H,16,17,18). The monoisotopic (exact) mass is 315 g/mol. The van der Waals surface area contributed by atoms with Crippen LogP contribution in [0.2, 0.25) is 0 Å². The minimum atomic E-state index is -1.32. The molecule has 0 aliphatic carbocycles. The molecule has 1 aliphatic rings. The van der Waals surface area contributed by atoms with Crippen LogP contribution in [-0.2, 0) is 4.79 Å². The Labute approximate surface area is 113 Å². The van der Waals surface area contributed by atoms with Gasteiger partial charge in [-0.05, 0) is 41.4 Å². The van der Waals surface area contributed by atoms with E-state index in [-0.39, 0.29) is 18.9 Å². The molecule has 4 nitrogen and oxygen atoms in total. The fourth-order valence-electron chi connectivity index (χ4n) is 1.93. The topological polar surface area (TPSA) is 54.0 Å². The molecule has 2 unspecified atom stereocenters. The van der Waals surface area contributed by atoms with Crippen molar-refractivity contribution >= 4 is 27.7 Å². The number of pyridine rings is 1. The summed E-state index contributed by atoms with van der Waals surface area (Å²) >= 11 is 3.25. The molecule has 1 amide bonds. The third kappa shape index (κ3) is 3.05. The first-order chi connectivity index (χ1) is 8.37. The Balaban J connectivity index is 2.06. The molecule has 0 saturated carbocycles. The molecule has 2 N–H and O–H groups in total. The van der Waals surface area contributed by atoms with Gasteiger partial charge in [-0.25, -0.2) is 9.37 Å². The molecule has 98 valence electrons. The maximum absolute atomic E-state index is 13.6. The highest BCUT2D eigenvalue weighted by Gasteiger charge is 2.38. The van der Waals surface area contributed by atoms with Gasteiger partial charge in [-0.1, -0.05) is 6.07 Å². The quantitative estimate of drug-likeness (QED) is 0.822. The Morgan fingerprint density at radius 2 is 2.39 bits per heavy atom. The second kappa shape index (κ2) is 4.93. The SMILES string of the molecule is Cc1ccc(Br)nc1NC(=O)C1CC(C)(F)CN1. The molecule has 0 bridgehead atoms. The molecule has 6 heteroatoms. The lowest BCUT2D eigenvalue weighted by Crippen LogP contribution is -2.35. The van der Waals surface area contributed by atoms with Crippen molar-refractivity contribution in [2.75, 3.05) is 11.9 Å². The van der Waals surface area contributed by atoms with Gasteiger partial charge in [0.1, 0.15) is 16.1 Å². The Hall–Kier alpha value is -1.01. The molecule has 2 heterocycles. The van der Waals surface area contributed by atoms with Crippen LogP contribution >= 0.6 is 15.9 Å². The molecule has 2 rings (SSSR count). The van der Waals surface area contributed by atoms with Crippen LogP contribution in [0, 0.1) is 6.92 Å². The summed E-state index contributed by atoms with van der Waals surface area (Å²) in [5, 5.41) is 5.60. The number of amides is 1. The molecule has 1 aromatic rings. The van der Waals surface area contributed by atoms with Crippen LogP contribution in [0.3, 0.4) is 0 Å². The fraction of sp³-hybridized carbons (Fsp3) is 0.500. The van der Waals surface area contributed by atoms with E-state index in [9.17, 15) is 9.18 Å². The first kappa shape index (κ1) is 13.4.